The number of carboxylic acids is 1. The first kappa shape index (κ1) is 30.6. The van der Waals surface area contributed by atoms with Gasteiger partial charge in [-0.15, -0.1) is 0 Å². The van der Waals surface area contributed by atoms with Gasteiger partial charge in [0, 0.05) is 6.42 Å². The highest BCUT2D eigenvalue weighted by atomic mass is 32.2. The van der Waals surface area contributed by atoms with E-state index in [1.165, 1.54) is 23.9 Å². The van der Waals surface area contributed by atoms with Crippen LogP contribution in [0.2, 0.25) is 0 Å². The number of phenolic OH excluding ortho intramolecular Hbond substituents is 1. The van der Waals surface area contributed by atoms with Crippen molar-refractivity contribution < 1.29 is 34.5 Å². The van der Waals surface area contributed by atoms with Gasteiger partial charge in [-0.05, 0) is 48.1 Å². The number of nitrogens with one attached hydrogen (secondary N) is 3. The topological polar surface area (TPSA) is 191 Å². The molecule has 0 aliphatic heterocycles. The van der Waals surface area contributed by atoms with Crippen molar-refractivity contribution in [3.05, 3.63) is 65.7 Å². The zero-order valence-electron chi connectivity index (χ0n) is 21.0. The standard InChI is InChI=1S/C26H34N4O7S/c1-38-12-11-20(24(34)30-22(15-31)26(36)37)28-25(35)21(14-16-5-3-2-4-6-16)29-23(33)19(27)13-17-7-9-18(32)10-8-17/h2-10,19-22,31-32H,11-15,27H2,1H3,(H,28,35)(H,29,33)(H,30,34)(H,36,37). The molecule has 8 N–H and O–H groups in total. The van der Waals surface area contributed by atoms with E-state index in [1.54, 1.807) is 36.4 Å². The van der Waals surface area contributed by atoms with Gasteiger partial charge in [0.1, 0.15) is 23.9 Å². The minimum atomic E-state index is -1.52. The van der Waals surface area contributed by atoms with Crippen molar-refractivity contribution in [2.24, 2.45) is 5.73 Å². The van der Waals surface area contributed by atoms with E-state index in [9.17, 15) is 29.4 Å². The van der Waals surface area contributed by atoms with E-state index in [4.69, 9.17) is 10.8 Å². The molecule has 2 rings (SSSR count). The second-order valence-electron chi connectivity index (χ2n) is 8.65. The van der Waals surface area contributed by atoms with Crippen LogP contribution < -0.4 is 21.7 Å². The monoisotopic (exact) mass is 546 g/mol. The number of aliphatic hydroxyl groups excluding tert-OH is 1. The molecule has 0 spiro atoms. The van der Waals surface area contributed by atoms with E-state index in [0.717, 1.165) is 11.1 Å². The number of benzene rings is 2. The smallest absolute Gasteiger partial charge is 0.328 e. The van der Waals surface area contributed by atoms with Crippen LogP contribution in [-0.4, -0.2) is 81.8 Å². The molecule has 3 amide bonds. The number of aliphatic carboxylic acids is 1. The van der Waals surface area contributed by atoms with E-state index in [-0.39, 0.29) is 25.0 Å². The number of carbonyl (C=O) groups excluding carboxylic acids is 3. The Morgan fingerprint density at radius 2 is 1.37 bits per heavy atom. The summed E-state index contributed by atoms with van der Waals surface area (Å²) in [6.45, 7) is -0.810. The molecule has 11 nitrogen and oxygen atoms in total. The van der Waals surface area contributed by atoms with Crippen LogP contribution >= 0.6 is 11.8 Å². The Morgan fingerprint density at radius 1 is 0.816 bits per heavy atom. The lowest BCUT2D eigenvalue weighted by Crippen LogP contribution is -2.58. The lowest BCUT2D eigenvalue weighted by Gasteiger charge is -2.25. The largest absolute Gasteiger partial charge is 0.508 e. The Kier molecular flexibility index (Phi) is 12.6. The van der Waals surface area contributed by atoms with Crippen LogP contribution in [0.1, 0.15) is 17.5 Å². The molecule has 0 aromatic heterocycles. The van der Waals surface area contributed by atoms with Gasteiger partial charge in [0.25, 0.3) is 0 Å². The number of carboxylic acid groups (broad SMARTS) is 1. The van der Waals surface area contributed by atoms with Crippen molar-refractivity contribution in [1.82, 2.24) is 16.0 Å². The summed E-state index contributed by atoms with van der Waals surface area (Å²) in [6.07, 6.45) is 2.30. The molecule has 2 aromatic rings. The second-order valence-corrected chi connectivity index (χ2v) is 9.64. The Bertz CT molecular complexity index is 1070. The summed E-state index contributed by atoms with van der Waals surface area (Å²) in [5.41, 5.74) is 7.57. The van der Waals surface area contributed by atoms with Crippen LogP contribution in [0, 0.1) is 0 Å². The first-order chi connectivity index (χ1) is 18.1. The molecule has 0 radical (unpaired) electrons. The molecular formula is C26H34N4O7S. The summed E-state index contributed by atoms with van der Waals surface area (Å²) in [5.74, 6) is -2.82. The van der Waals surface area contributed by atoms with E-state index in [2.05, 4.69) is 16.0 Å². The van der Waals surface area contributed by atoms with Crippen LogP contribution in [0.25, 0.3) is 0 Å². The fourth-order valence-electron chi connectivity index (χ4n) is 3.55. The minimum absolute atomic E-state index is 0.0834. The SMILES string of the molecule is CSCCC(NC(=O)C(Cc1ccccc1)NC(=O)C(N)Cc1ccc(O)cc1)C(=O)NC(CO)C(=O)O. The summed E-state index contributed by atoms with van der Waals surface area (Å²) >= 11 is 1.43. The highest BCUT2D eigenvalue weighted by Crippen LogP contribution is 2.12. The van der Waals surface area contributed by atoms with Gasteiger partial charge in [0.05, 0.1) is 12.6 Å². The van der Waals surface area contributed by atoms with Crippen molar-refractivity contribution in [2.75, 3.05) is 18.6 Å². The van der Waals surface area contributed by atoms with Crippen LogP contribution in [0.15, 0.2) is 54.6 Å². The molecule has 4 atom stereocenters. The van der Waals surface area contributed by atoms with Crippen LogP contribution in [-0.2, 0) is 32.0 Å². The van der Waals surface area contributed by atoms with Crippen LogP contribution in [0.3, 0.4) is 0 Å². The normalized spacial score (nSPS) is 14.0. The molecular weight excluding hydrogens is 512 g/mol. The van der Waals surface area contributed by atoms with Crippen molar-refractivity contribution in [1.29, 1.82) is 0 Å². The van der Waals surface area contributed by atoms with Gasteiger partial charge >= 0.3 is 5.97 Å². The van der Waals surface area contributed by atoms with Crippen LogP contribution in [0.5, 0.6) is 5.75 Å². The average Bonchev–Trinajstić information content (AvgIpc) is 2.90. The predicted molar refractivity (Wildman–Crippen MR) is 143 cm³/mol. The number of hydrogen-bond donors (Lipinski definition) is 7. The number of hydrogen-bond acceptors (Lipinski definition) is 8. The summed E-state index contributed by atoms with van der Waals surface area (Å²) in [7, 11) is 0. The van der Waals surface area contributed by atoms with E-state index < -0.39 is 54.5 Å². The first-order valence-electron chi connectivity index (χ1n) is 12.0. The molecule has 12 heteroatoms. The van der Waals surface area contributed by atoms with E-state index in [0.29, 0.717) is 5.75 Å². The van der Waals surface area contributed by atoms with Gasteiger partial charge in [-0.25, -0.2) is 4.79 Å². The lowest BCUT2D eigenvalue weighted by atomic mass is 10.0. The number of phenols is 1. The van der Waals surface area contributed by atoms with Gasteiger partial charge < -0.3 is 37.0 Å². The number of rotatable bonds is 15. The fourth-order valence-corrected chi connectivity index (χ4v) is 4.02. The van der Waals surface area contributed by atoms with Crippen molar-refractivity contribution >= 4 is 35.5 Å². The molecule has 0 aliphatic carbocycles. The molecule has 4 unspecified atom stereocenters. The molecule has 0 heterocycles. The highest BCUT2D eigenvalue weighted by molar-refractivity contribution is 7.98. The number of thioether (sulfide) groups is 1. The predicted octanol–water partition coefficient (Wildman–Crippen LogP) is -0.211. The van der Waals surface area contributed by atoms with Gasteiger partial charge in [-0.2, -0.15) is 11.8 Å². The summed E-state index contributed by atoms with van der Waals surface area (Å²) in [6, 6.07) is 10.6. The molecule has 0 saturated carbocycles. The number of aromatic hydroxyl groups is 1. The Balaban J connectivity index is 2.18. The first-order valence-corrected chi connectivity index (χ1v) is 13.3. The number of nitrogens with two attached hydrogens (primary N) is 1. The maximum Gasteiger partial charge on any atom is 0.328 e. The Labute approximate surface area is 225 Å². The average molecular weight is 547 g/mol. The summed E-state index contributed by atoms with van der Waals surface area (Å²) in [5, 5.41) is 35.4. The molecule has 2 aromatic carbocycles. The maximum absolute atomic E-state index is 13.3. The van der Waals surface area contributed by atoms with Gasteiger partial charge in [-0.1, -0.05) is 42.5 Å². The molecule has 206 valence electrons. The molecule has 38 heavy (non-hydrogen) atoms. The number of carbonyl (C=O) groups is 4. The third kappa shape index (κ3) is 10.0. The van der Waals surface area contributed by atoms with E-state index >= 15 is 0 Å². The third-order valence-electron chi connectivity index (χ3n) is 5.69. The second kappa shape index (κ2) is 15.6. The van der Waals surface area contributed by atoms with Crippen molar-refractivity contribution in [3.8, 4) is 5.75 Å². The summed E-state index contributed by atoms with van der Waals surface area (Å²) in [4.78, 5) is 50.2. The molecule has 0 aliphatic rings. The van der Waals surface area contributed by atoms with Gasteiger partial charge in [-0.3, -0.25) is 14.4 Å². The third-order valence-corrected chi connectivity index (χ3v) is 6.33. The Hall–Kier alpha value is -3.61. The number of aliphatic hydroxyl groups is 1. The highest BCUT2D eigenvalue weighted by Gasteiger charge is 2.30. The van der Waals surface area contributed by atoms with Gasteiger partial charge in [0.15, 0.2) is 0 Å². The number of amides is 3. The maximum atomic E-state index is 13.3. The quantitative estimate of drug-likeness (QED) is 0.158. The lowest BCUT2D eigenvalue weighted by molar-refractivity contribution is -0.143. The minimum Gasteiger partial charge on any atom is -0.508 e. The zero-order chi connectivity index (χ0) is 28.1. The zero-order valence-corrected chi connectivity index (χ0v) is 21.8. The summed E-state index contributed by atoms with van der Waals surface area (Å²) < 4.78 is 0. The van der Waals surface area contributed by atoms with Crippen molar-refractivity contribution in [2.45, 2.75) is 43.4 Å². The van der Waals surface area contributed by atoms with Crippen LogP contribution in [0.4, 0.5) is 0 Å². The Morgan fingerprint density at radius 3 is 1.95 bits per heavy atom. The molecule has 0 fully saturated rings. The molecule has 0 bridgehead atoms. The molecule has 0 saturated heterocycles. The fraction of sp³-hybridized carbons (Fsp3) is 0.385. The van der Waals surface area contributed by atoms with E-state index in [1.807, 2.05) is 12.3 Å². The van der Waals surface area contributed by atoms with Crippen molar-refractivity contribution in [3.63, 3.8) is 0 Å². The van der Waals surface area contributed by atoms with Gasteiger partial charge in [0.2, 0.25) is 17.7 Å².